The molecule has 0 fully saturated rings. The normalized spacial score (nSPS) is 15.4. The summed E-state index contributed by atoms with van der Waals surface area (Å²) in [6, 6.07) is 94.3. The Morgan fingerprint density at radius 1 is 0.319 bits per heavy atom. The topological polar surface area (TPSA) is 23.6 Å². The van der Waals surface area contributed by atoms with Crippen molar-refractivity contribution in [3.8, 4) is 0 Å². The third-order valence-electron chi connectivity index (χ3n) is 15.4. The van der Waals surface area contributed by atoms with E-state index in [9.17, 15) is 4.79 Å². The van der Waals surface area contributed by atoms with Crippen molar-refractivity contribution >= 4 is 102 Å². The van der Waals surface area contributed by atoms with Crippen LogP contribution in [0.2, 0.25) is 0 Å². The summed E-state index contributed by atoms with van der Waals surface area (Å²) in [6.07, 6.45) is 0. The molecule has 0 amide bonds. The van der Waals surface area contributed by atoms with Gasteiger partial charge >= 0.3 is 413 Å². The van der Waals surface area contributed by atoms with Crippen LogP contribution >= 0.6 is 0 Å². The van der Waals surface area contributed by atoms with Gasteiger partial charge < -0.3 is 0 Å². The Bertz CT molecular complexity index is 3210. The molecule has 0 saturated carbocycles. The molecule has 13 rings (SSSR count). The molecule has 10 aromatic carbocycles. The number of carbonyl (C=O) groups is 1. The van der Waals surface area contributed by atoms with Gasteiger partial charge in [-0.2, -0.15) is 0 Å². The number of benzene rings is 10. The van der Waals surface area contributed by atoms with E-state index in [2.05, 4.69) is 278 Å². The maximum absolute atomic E-state index is 15.0. The summed E-state index contributed by atoms with van der Waals surface area (Å²) in [5, 5.41) is 0. The van der Waals surface area contributed by atoms with E-state index in [1.807, 2.05) is 0 Å². The molecule has 0 N–H and O–H groups in total. The van der Waals surface area contributed by atoms with Crippen molar-refractivity contribution < 1.29 is 4.79 Å². The molecule has 0 atom stereocenters. The van der Waals surface area contributed by atoms with Gasteiger partial charge in [0.25, 0.3) is 0 Å². The predicted molar refractivity (Wildman–Crippen MR) is 292 cm³/mol. The van der Waals surface area contributed by atoms with Gasteiger partial charge in [0, 0.05) is 0 Å². The summed E-state index contributed by atoms with van der Waals surface area (Å²) < 4.78 is 11.2. The van der Waals surface area contributed by atoms with Gasteiger partial charge in [-0.15, -0.1) is 0 Å². The van der Waals surface area contributed by atoms with Crippen molar-refractivity contribution in [3.05, 3.63) is 277 Å². The van der Waals surface area contributed by atoms with E-state index < -0.39 is 31.9 Å². The standard InChI is InChI=1S/C64H48Ge2N2O/c1-64(2)53-43-49(67-59-35-19-15-31-55(59)65(45-23-7-3-8-24-45,46-25-9-4-10-26-46)56-32-16-20-36-60(56)67)39-41-51(53)63(69)52-42-40-50(44-54(52)64)68-61-37-21-17-33-57(61)66(47-27-11-5-12-28-47,48-29-13-6-14-30-48)58-34-18-22-38-62(58)68/h3-44H,1-2H3. The number of nitrogens with zero attached hydrogens (tertiary/aromatic N) is 2. The molecule has 0 radical (unpaired) electrons. The van der Waals surface area contributed by atoms with Gasteiger partial charge in [-0.3, -0.25) is 0 Å². The van der Waals surface area contributed by atoms with Crippen LogP contribution in [0.25, 0.3) is 0 Å². The number of carbonyl (C=O) groups excluding carboxylic acids is 1. The van der Waals surface area contributed by atoms with E-state index in [4.69, 9.17) is 0 Å². The fraction of sp³-hybridized carbons (Fsp3) is 0.0469. The van der Waals surface area contributed by atoms with E-state index in [1.54, 1.807) is 0 Å². The van der Waals surface area contributed by atoms with Gasteiger partial charge in [-0.25, -0.2) is 0 Å². The minimum absolute atomic E-state index is 0.0701. The Labute approximate surface area is 409 Å². The molecule has 328 valence electrons. The predicted octanol–water partition coefficient (Wildman–Crippen LogP) is 9.88. The van der Waals surface area contributed by atoms with Crippen LogP contribution in [0.5, 0.6) is 0 Å². The molecule has 2 heterocycles. The van der Waals surface area contributed by atoms with Crippen molar-refractivity contribution in [1.82, 2.24) is 0 Å². The molecule has 0 saturated heterocycles. The SMILES string of the molecule is CC1(C)c2cc(N3c4cccc[c]4[Ge]([c]4ccccc4)([c]4ccccc4)[c]4ccccc43)ccc2C(=O)c2ccc(N3c4cccc[c]4[Ge]([c]4ccccc4)([c]4ccccc4)[c]4ccccc43)cc21. The number of fused-ring (bicyclic) bond motifs is 6. The van der Waals surface area contributed by atoms with Crippen LogP contribution in [0.15, 0.2) is 255 Å². The van der Waals surface area contributed by atoms with Gasteiger partial charge in [-0.05, 0) is 0 Å². The summed E-state index contributed by atoms with van der Waals surface area (Å²) in [7, 11) is 0. The first-order valence-electron chi connectivity index (χ1n) is 24.0. The molecule has 3 aliphatic rings. The second-order valence-electron chi connectivity index (χ2n) is 19.1. The molecule has 0 unspecified atom stereocenters. The summed E-state index contributed by atoms with van der Waals surface area (Å²) in [6.45, 7) is 4.61. The number of rotatable bonds is 6. The van der Waals surface area contributed by atoms with Crippen LogP contribution in [0.1, 0.15) is 40.9 Å². The molecular weight excluding hydrogens is 958 g/mol. The van der Waals surface area contributed by atoms with E-state index in [0.29, 0.717) is 0 Å². The molecule has 5 heteroatoms. The summed E-state index contributed by atoms with van der Waals surface area (Å²) in [5.41, 5.74) is 9.97. The Hall–Kier alpha value is -7.44. The Kier molecular flexibility index (Phi) is 9.73. The third-order valence-corrected chi connectivity index (χ3v) is 35.8. The molecule has 0 aromatic heterocycles. The summed E-state index contributed by atoms with van der Waals surface area (Å²) >= 11 is -7.12. The second kappa shape index (κ2) is 16.1. The molecule has 0 spiro atoms. The number of anilines is 6. The minimum atomic E-state index is -3.56. The van der Waals surface area contributed by atoms with Crippen LogP contribution < -0.4 is 45.0 Å². The molecule has 3 nitrogen and oxygen atoms in total. The quantitative estimate of drug-likeness (QED) is 0.155. The first-order valence-corrected chi connectivity index (χ1v) is 32.4. The van der Waals surface area contributed by atoms with Crippen molar-refractivity contribution in [3.63, 3.8) is 0 Å². The molecule has 2 aliphatic heterocycles. The summed E-state index contributed by atoms with van der Waals surface area (Å²) in [4.78, 5) is 19.9. The van der Waals surface area contributed by atoms with Crippen molar-refractivity contribution in [2.75, 3.05) is 9.80 Å². The maximum atomic E-state index is 15.0. The van der Waals surface area contributed by atoms with E-state index in [-0.39, 0.29) is 5.78 Å². The number of hydrogen-bond acceptors (Lipinski definition) is 3. The van der Waals surface area contributed by atoms with Crippen LogP contribution in [0, 0.1) is 0 Å². The zero-order valence-electron chi connectivity index (χ0n) is 38.6. The molecule has 10 aromatic rings. The molecular formula is C64H48Ge2N2O. The molecule has 0 bridgehead atoms. The van der Waals surface area contributed by atoms with Gasteiger partial charge in [-0.1, -0.05) is 0 Å². The Morgan fingerprint density at radius 3 is 0.870 bits per heavy atom. The van der Waals surface area contributed by atoms with Crippen molar-refractivity contribution in [1.29, 1.82) is 0 Å². The van der Waals surface area contributed by atoms with Crippen LogP contribution in [-0.4, -0.2) is 32.3 Å². The van der Waals surface area contributed by atoms with E-state index in [1.165, 1.54) is 57.9 Å². The van der Waals surface area contributed by atoms with Crippen molar-refractivity contribution in [2.45, 2.75) is 19.3 Å². The Morgan fingerprint density at radius 2 is 0.580 bits per heavy atom. The zero-order chi connectivity index (χ0) is 46.3. The number of hydrogen-bond donors (Lipinski definition) is 0. The summed E-state index contributed by atoms with van der Waals surface area (Å²) in [5.74, 6) is 0.0701. The van der Waals surface area contributed by atoms with Crippen LogP contribution in [0.3, 0.4) is 0 Å². The number of para-hydroxylation sites is 4. The molecule has 1 aliphatic carbocycles. The van der Waals surface area contributed by atoms with E-state index in [0.717, 1.165) is 33.6 Å². The van der Waals surface area contributed by atoms with Gasteiger partial charge in [0.05, 0.1) is 0 Å². The monoisotopic (exact) mass is 1010 g/mol. The second-order valence-corrected chi connectivity index (χ2v) is 34.8. The fourth-order valence-corrected chi connectivity index (χ4v) is 33.9. The van der Waals surface area contributed by atoms with E-state index >= 15 is 0 Å². The van der Waals surface area contributed by atoms with Crippen molar-refractivity contribution in [2.24, 2.45) is 0 Å². The first-order chi connectivity index (χ1) is 33.9. The third kappa shape index (κ3) is 5.97. The number of ketones is 1. The zero-order valence-corrected chi connectivity index (χ0v) is 42.7. The Balaban J connectivity index is 0.973. The molecule has 69 heavy (non-hydrogen) atoms. The van der Waals surface area contributed by atoms with Crippen LogP contribution in [0.4, 0.5) is 34.1 Å². The average Bonchev–Trinajstić information content (AvgIpc) is 3.42. The van der Waals surface area contributed by atoms with Gasteiger partial charge in [0.2, 0.25) is 0 Å². The average molecular weight is 1010 g/mol. The first kappa shape index (κ1) is 41.7. The fourth-order valence-electron chi connectivity index (χ4n) is 12.4. The van der Waals surface area contributed by atoms with Crippen LogP contribution in [-0.2, 0) is 5.41 Å². The van der Waals surface area contributed by atoms with Gasteiger partial charge in [0.1, 0.15) is 0 Å². The van der Waals surface area contributed by atoms with Gasteiger partial charge in [0.15, 0.2) is 0 Å².